The minimum Gasteiger partial charge on any atom is -0.246 e. The Bertz CT molecular complexity index is 930. The zero-order valence-electron chi connectivity index (χ0n) is 12.0. The third-order valence-corrected chi connectivity index (χ3v) is 6.25. The largest absolute Gasteiger partial charge is 0.267 e. The molecule has 0 N–H and O–H groups in total. The smallest absolute Gasteiger partial charge is 0.246 e. The molecule has 1 aliphatic heterocycles. The number of rotatable bonds is 3. The second-order valence-corrected chi connectivity index (χ2v) is 7.99. The number of hydrogen-bond donors (Lipinski definition) is 0. The lowest BCUT2D eigenvalue weighted by Gasteiger charge is -2.12. The topological polar surface area (TPSA) is 64.8 Å². The van der Waals surface area contributed by atoms with Gasteiger partial charge in [-0.25, -0.2) is 30.7 Å². The highest BCUT2D eigenvalue weighted by Gasteiger charge is 2.51. The molecule has 128 valence electrons. The number of hydrogen-bond acceptors (Lipinski definition) is 4. The summed E-state index contributed by atoms with van der Waals surface area (Å²) >= 11 is 0. The summed E-state index contributed by atoms with van der Waals surface area (Å²) in [6.45, 7) is 0. The van der Waals surface area contributed by atoms with E-state index in [1.165, 1.54) is 6.07 Å². The van der Waals surface area contributed by atoms with Crippen LogP contribution in [-0.2, 0) is 9.84 Å². The monoisotopic (exact) mass is 361 g/mol. The first-order valence-corrected chi connectivity index (χ1v) is 8.77. The van der Waals surface area contributed by atoms with Gasteiger partial charge in [0.05, 0.1) is 6.04 Å². The zero-order valence-corrected chi connectivity index (χ0v) is 12.9. The van der Waals surface area contributed by atoms with Gasteiger partial charge in [0.25, 0.3) is 5.16 Å². The fraction of sp³-hybridized carbons (Fsp3) is 0.429. The summed E-state index contributed by atoms with van der Waals surface area (Å²) < 4.78 is 79.0. The first-order chi connectivity index (χ1) is 11.3. The Morgan fingerprint density at radius 1 is 1.12 bits per heavy atom. The van der Waals surface area contributed by atoms with Gasteiger partial charge in [-0.15, -0.1) is 5.10 Å². The van der Waals surface area contributed by atoms with Crippen LogP contribution >= 0.6 is 0 Å². The van der Waals surface area contributed by atoms with Crippen molar-refractivity contribution in [3.8, 4) is 0 Å². The highest BCUT2D eigenvalue weighted by Crippen LogP contribution is 2.42. The normalized spacial score (nSPS) is 28.8. The Morgan fingerprint density at radius 3 is 2.46 bits per heavy atom. The van der Waals surface area contributed by atoms with E-state index < -0.39 is 50.3 Å². The zero-order chi connectivity index (χ0) is 17.2. The molecule has 0 spiro atoms. The van der Waals surface area contributed by atoms with Gasteiger partial charge in [-0.3, -0.25) is 0 Å². The van der Waals surface area contributed by atoms with Gasteiger partial charge in [0.1, 0.15) is 11.4 Å². The van der Waals surface area contributed by atoms with Gasteiger partial charge in [0.15, 0.2) is 23.6 Å². The number of sulfone groups is 1. The van der Waals surface area contributed by atoms with Crippen molar-refractivity contribution in [2.24, 2.45) is 0 Å². The summed E-state index contributed by atoms with van der Waals surface area (Å²) in [6, 6.07) is 2.29. The molecule has 0 saturated heterocycles. The van der Waals surface area contributed by atoms with E-state index in [9.17, 15) is 26.0 Å². The van der Waals surface area contributed by atoms with Crippen molar-refractivity contribution in [1.82, 2.24) is 14.8 Å². The van der Waals surface area contributed by atoms with Gasteiger partial charge in [0.2, 0.25) is 9.84 Å². The SMILES string of the molecule is O=S(=O)(c1nc2n(n1)[C@H](c1ccc(F)c(F)c1)C[C@@H]2F)C1C[C@H]1F. The number of alkyl halides is 2. The van der Waals surface area contributed by atoms with E-state index in [1.54, 1.807) is 0 Å². The van der Waals surface area contributed by atoms with Crippen molar-refractivity contribution in [2.75, 3.05) is 0 Å². The maximum atomic E-state index is 14.2. The number of halogens is 4. The molecule has 0 radical (unpaired) electrons. The van der Waals surface area contributed by atoms with Crippen LogP contribution in [-0.4, -0.2) is 34.6 Å². The summed E-state index contributed by atoms with van der Waals surface area (Å²) in [5, 5.41) is 1.99. The van der Waals surface area contributed by atoms with Gasteiger partial charge in [-0.2, -0.15) is 4.98 Å². The predicted octanol–water partition coefficient (Wildman–Crippen LogP) is 2.44. The lowest BCUT2D eigenvalue weighted by atomic mass is 10.0. The van der Waals surface area contributed by atoms with E-state index in [0.717, 1.165) is 16.8 Å². The van der Waals surface area contributed by atoms with Crippen LogP contribution in [0.4, 0.5) is 17.6 Å². The molecule has 2 heterocycles. The number of aromatic nitrogens is 3. The Balaban J connectivity index is 1.75. The molecule has 1 fully saturated rings. The summed E-state index contributed by atoms with van der Waals surface area (Å²) in [5.74, 6) is -2.35. The fourth-order valence-corrected chi connectivity index (χ4v) is 4.40. The third kappa shape index (κ3) is 2.23. The van der Waals surface area contributed by atoms with Crippen molar-refractivity contribution >= 4 is 9.84 Å². The van der Waals surface area contributed by atoms with Crippen molar-refractivity contribution in [3.63, 3.8) is 0 Å². The van der Waals surface area contributed by atoms with E-state index in [0.29, 0.717) is 0 Å². The summed E-state index contributed by atoms with van der Waals surface area (Å²) in [7, 11) is -4.06. The van der Waals surface area contributed by atoms with Crippen molar-refractivity contribution < 1.29 is 26.0 Å². The first-order valence-electron chi connectivity index (χ1n) is 7.22. The maximum absolute atomic E-state index is 14.2. The van der Waals surface area contributed by atoms with Crippen LogP contribution < -0.4 is 0 Å². The molecule has 24 heavy (non-hydrogen) atoms. The van der Waals surface area contributed by atoms with Gasteiger partial charge in [0, 0.05) is 6.42 Å². The Hall–Kier alpha value is -1.97. The van der Waals surface area contributed by atoms with E-state index in [1.807, 2.05) is 0 Å². The first kappa shape index (κ1) is 15.6. The molecular formula is C14H11F4N3O2S. The molecule has 4 atom stereocenters. The molecule has 0 amide bonds. The molecule has 0 bridgehead atoms. The van der Waals surface area contributed by atoms with Crippen molar-refractivity contribution in [2.45, 2.75) is 41.6 Å². The standard InChI is InChI=1S/C14H11F4N3O2S/c15-7-2-1-6(3-8(7)16)11-4-10(18)13-19-14(20-21(11)13)24(22,23)12-5-9(12)17/h1-3,9-12H,4-5H2/t9-,10+,11+,12?/m1/s1. The van der Waals surface area contributed by atoms with Crippen molar-refractivity contribution in [1.29, 1.82) is 0 Å². The van der Waals surface area contributed by atoms with Gasteiger partial charge in [-0.05, 0) is 24.1 Å². The molecular weight excluding hydrogens is 350 g/mol. The Kier molecular flexibility index (Phi) is 3.25. The predicted molar refractivity (Wildman–Crippen MR) is 73.5 cm³/mol. The molecule has 1 aliphatic carbocycles. The minimum atomic E-state index is -4.06. The number of benzene rings is 1. The summed E-state index contributed by atoms with van der Waals surface area (Å²) in [6.07, 6.45) is -3.30. The van der Waals surface area contributed by atoms with E-state index in [2.05, 4.69) is 10.1 Å². The van der Waals surface area contributed by atoms with Crippen LogP contribution in [0.3, 0.4) is 0 Å². The second kappa shape index (κ2) is 5.01. The number of fused-ring (bicyclic) bond motifs is 1. The molecule has 1 saturated carbocycles. The van der Waals surface area contributed by atoms with Crippen LogP contribution in [0, 0.1) is 11.6 Å². The van der Waals surface area contributed by atoms with Gasteiger partial charge in [-0.1, -0.05) is 6.07 Å². The molecule has 1 aromatic heterocycles. The lowest BCUT2D eigenvalue weighted by molar-refractivity contribution is 0.326. The number of nitrogens with zero attached hydrogens (tertiary/aromatic N) is 3. The summed E-state index contributed by atoms with van der Waals surface area (Å²) in [5.41, 5.74) is 0.249. The average molecular weight is 361 g/mol. The summed E-state index contributed by atoms with van der Waals surface area (Å²) in [4.78, 5) is 3.71. The molecule has 1 unspecified atom stereocenters. The van der Waals surface area contributed by atoms with Crippen LogP contribution in [0.1, 0.15) is 36.4 Å². The molecule has 2 aliphatic rings. The van der Waals surface area contributed by atoms with Crippen molar-refractivity contribution in [3.05, 3.63) is 41.2 Å². The van der Waals surface area contributed by atoms with E-state index >= 15 is 0 Å². The Morgan fingerprint density at radius 2 is 1.83 bits per heavy atom. The second-order valence-electron chi connectivity index (χ2n) is 5.92. The highest BCUT2D eigenvalue weighted by atomic mass is 32.2. The van der Waals surface area contributed by atoms with Gasteiger partial charge < -0.3 is 0 Å². The quantitative estimate of drug-likeness (QED) is 0.788. The molecule has 5 nitrogen and oxygen atoms in total. The third-order valence-electron chi connectivity index (χ3n) is 4.28. The maximum Gasteiger partial charge on any atom is 0.267 e. The van der Waals surface area contributed by atoms with Crippen LogP contribution in [0.2, 0.25) is 0 Å². The average Bonchev–Trinajstić information content (AvgIpc) is 2.99. The van der Waals surface area contributed by atoms with Crippen LogP contribution in [0.15, 0.2) is 23.4 Å². The van der Waals surface area contributed by atoms with Crippen LogP contribution in [0.5, 0.6) is 0 Å². The van der Waals surface area contributed by atoms with Crippen LogP contribution in [0.25, 0.3) is 0 Å². The van der Waals surface area contributed by atoms with E-state index in [4.69, 9.17) is 0 Å². The highest BCUT2D eigenvalue weighted by molar-refractivity contribution is 7.92. The minimum absolute atomic E-state index is 0.115. The molecule has 10 heteroatoms. The van der Waals surface area contributed by atoms with E-state index in [-0.39, 0.29) is 24.2 Å². The fourth-order valence-electron chi connectivity index (χ4n) is 2.88. The molecule has 4 rings (SSSR count). The van der Waals surface area contributed by atoms with Gasteiger partial charge >= 0.3 is 0 Å². The lowest BCUT2D eigenvalue weighted by Crippen LogP contribution is -2.14. The molecule has 2 aromatic rings. The Labute approximate surface area is 134 Å². The molecule has 1 aromatic carbocycles.